The second-order valence-corrected chi connectivity index (χ2v) is 7.47. The van der Waals surface area contributed by atoms with Crippen LogP contribution in [0.25, 0.3) is 0 Å². The maximum atomic E-state index is 11.0. The smallest absolute Gasteiger partial charge is 0.226 e. The van der Waals surface area contributed by atoms with Gasteiger partial charge in [0.05, 0.1) is 0 Å². The van der Waals surface area contributed by atoms with Gasteiger partial charge in [-0.15, -0.1) is 11.8 Å². The summed E-state index contributed by atoms with van der Waals surface area (Å²) >= 11 is 0. The van der Waals surface area contributed by atoms with Gasteiger partial charge in [-0.2, -0.15) is 0 Å². The van der Waals surface area contributed by atoms with Crippen LogP contribution in [0.4, 0.5) is 0 Å². The van der Waals surface area contributed by atoms with E-state index in [2.05, 4.69) is 24.0 Å². The molecule has 148 valence electrons. The molecule has 1 amide bonds. The first-order chi connectivity index (χ1) is 12.8. The molecular formula is C23H42BNO. The molecule has 0 bridgehead atoms. The van der Waals surface area contributed by atoms with Gasteiger partial charge < -0.3 is 5.23 Å². The van der Waals surface area contributed by atoms with E-state index in [0.717, 1.165) is 25.7 Å². The fraction of sp³-hybridized carbons (Fsp3) is 0.870. The maximum Gasteiger partial charge on any atom is 0.226 e. The van der Waals surface area contributed by atoms with Crippen molar-refractivity contribution in [3.63, 3.8) is 0 Å². The first-order valence-electron chi connectivity index (χ1n) is 11.3. The fourth-order valence-electron chi connectivity index (χ4n) is 3.16. The van der Waals surface area contributed by atoms with Crippen molar-refractivity contribution in [3.05, 3.63) is 0 Å². The highest BCUT2D eigenvalue weighted by Crippen LogP contribution is 2.11. The van der Waals surface area contributed by atoms with Crippen molar-refractivity contribution >= 4 is 13.9 Å². The van der Waals surface area contributed by atoms with Gasteiger partial charge in [0.1, 0.15) is 0 Å². The molecule has 0 aromatic carbocycles. The molecule has 0 saturated carbocycles. The minimum absolute atomic E-state index is 0.0531. The van der Waals surface area contributed by atoms with Gasteiger partial charge in [-0.1, -0.05) is 90.4 Å². The first-order valence-corrected chi connectivity index (χ1v) is 11.3. The number of carbonyl (C=O) groups excluding carboxylic acids is 1. The fourth-order valence-corrected chi connectivity index (χ4v) is 3.16. The van der Waals surface area contributed by atoms with Crippen molar-refractivity contribution in [3.8, 4) is 11.8 Å². The molecule has 0 aromatic rings. The number of hydrogen-bond acceptors (Lipinski definition) is 1. The molecular weight excluding hydrogens is 317 g/mol. The molecule has 0 aliphatic carbocycles. The van der Waals surface area contributed by atoms with E-state index in [-0.39, 0.29) is 5.91 Å². The third-order valence-corrected chi connectivity index (χ3v) is 4.90. The minimum Gasteiger partial charge on any atom is -0.409 e. The molecule has 2 radical (unpaired) electrons. The number of nitrogens with one attached hydrogen (secondary N) is 1. The molecule has 0 unspecified atom stereocenters. The molecule has 2 nitrogen and oxygen atoms in total. The van der Waals surface area contributed by atoms with E-state index >= 15 is 0 Å². The second-order valence-electron chi connectivity index (χ2n) is 7.47. The van der Waals surface area contributed by atoms with Crippen LogP contribution in [0.5, 0.6) is 0 Å². The number of amides is 1. The number of hydrogen-bond donors (Lipinski definition) is 1. The normalized spacial score (nSPS) is 10.3. The van der Waals surface area contributed by atoms with Gasteiger partial charge in [0.2, 0.25) is 13.9 Å². The zero-order chi connectivity index (χ0) is 19.1. The van der Waals surface area contributed by atoms with Crippen LogP contribution in [0.2, 0.25) is 0 Å². The van der Waals surface area contributed by atoms with Gasteiger partial charge in [0.25, 0.3) is 0 Å². The Morgan fingerprint density at radius 1 is 0.654 bits per heavy atom. The van der Waals surface area contributed by atoms with Crippen LogP contribution in [0.3, 0.4) is 0 Å². The van der Waals surface area contributed by atoms with Gasteiger partial charge in [-0.05, 0) is 19.3 Å². The average Bonchev–Trinajstić information content (AvgIpc) is 2.66. The molecule has 0 aliphatic rings. The van der Waals surface area contributed by atoms with Crippen LogP contribution >= 0.6 is 0 Å². The summed E-state index contributed by atoms with van der Waals surface area (Å²) in [4.78, 5) is 11.0. The summed E-state index contributed by atoms with van der Waals surface area (Å²) in [5.74, 6) is 6.61. The Hall–Kier alpha value is -0.905. The van der Waals surface area contributed by atoms with Crippen molar-refractivity contribution in [2.75, 3.05) is 0 Å². The third-order valence-electron chi connectivity index (χ3n) is 4.90. The van der Waals surface area contributed by atoms with Crippen molar-refractivity contribution in [2.45, 2.75) is 129 Å². The Morgan fingerprint density at radius 3 is 1.46 bits per heavy atom. The molecule has 0 aliphatic heterocycles. The maximum absolute atomic E-state index is 11.0. The molecule has 1 N–H and O–H groups in total. The highest BCUT2D eigenvalue weighted by molar-refractivity contribution is 6.14. The quantitative estimate of drug-likeness (QED) is 0.166. The molecule has 0 aromatic heterocycles. The van der Waals surface area contributed by atoms with E-state index < -0.39 is 0 Å². The molecule has 0 atom stereocenters. The zero-order valence-electron chi connectivity index (χ0n) is 17.4. The van der Waals surface area contributed by atoms with Crippen LogP contribution in [0, 0.1) is 11.8 Å². The topological polar surface area (TPSA) is 29.1 Å². The lowest BCUT2D eigenvalue weighted by Gasteiger charge is -2.01. The SMILES string of the molecule is [B]NC(=O)CCCCCCCCC#CCCCCCCCCCCCC. The summed E-state index contributed by atoms with van der Waals surface area (Å²) in [5.41, 5.74) is 0. The molecule has 0 spiro atoms. The van der Waals surface area contributed by atoms with Crippen LogP contribution in [-0.2, 0) is 4.79 Å². The summed E-state index contributed by atoms with van der Waals surface area (Å²) < 4.78 is 0. The molecule has 26 heavy (non-hydrogen) atoms. The Balaban J connectivity index is 3.13. The van der Waals surface area contributed by atoms with E-state index in [9.17, 15) is 4.79 Å². The predicted molar refractivity (Wildman–Crippen MR) is 115 cm³/mol. The molecule has 3 heteroatoms. The van der Waals surface area contributed by atoms with Crippen molar-refractivity contribution in [1.29, 1.82) is 0 Å². The highest BCUT2D eigenvalue weighted by Gasteiger charge is 1.96. The Kier molecular flexibility index (Phi) is 21.4. The Bertz CT molecular complexity index is 359. The average molecular weight is 359 g/mol. The molecule has 0 heterocycles. The van der Waals surface area contributed by atoms with Crippen LogP contribution in [-0.4, -0.2) is 13.9 Å². The van der Waals surface area contributed by atoms with E-state index in [1.807, 2.05) is 0 Å². The summed E-state index contributed by atoms with van der Waals surface area (Å²) in [7, 11) is 5.04. The lowest BCUT2D eigenvalue weighted by molar-refractivity contribution is -0.119. The van der Waals surface area contributed by atoms with Gasteiger partial charge >= 0.3 is 0 Å². The monoisotopic (exact) mass is 359 g/mol. The molecule has 0 rings (SSSR count). The standard InChI is InChI=1S/C23H42BNO/c1-2-3-4-5-6-7-8-9-10-11-12-13-14-15-16-17-18-19-20-21-22-23(26)25-24/h2-12,15-22H2,1H3,(H,25,26). The Morgan fingerprint density at radius 2 is 1.04 bits per heavy atom. The number of carbonyl (C=O) groups is 1. The van der Waals surface area contributed by atoms with Gasteiger partial charge in [-0.25, -0.2) is 0 Å². The summed E-state index contributed by atoms with van der Waals surface area (Å²) in [5, 5.41) is 2.17. The second kappa shape index (κ2) is 22.1. The van der Waals surface area contributed by atoms with E-state index in [1.165, 1.54) is 89.9 Å². The van der Waals surface area contributed by atoms with E-state index in [0.29, 0.717) is 6.42 Å². The van der Waals surface area contributed by atoms with Gasteiger partial charge in [0, 0.05) is 19.3 Å². The van der Waals surface area contributed by atoms with E-state index in [1.54, 1.807) is 0 Å². The van der Waals surface area contributed by atoms with Crippen LogP contribution in [0.1, 0.15) is 129 Å². The van der Waals surface area contributed by atoms with Gasteiger partial charge in [-0.3, -0.25) is 4.79 Å². The Labute approximate surface area is 165 Å². The zero-order valence-corrected chi connectivity index (χ0v) is 17.4. The van der Waals surface area contributed by atoms with Crippen LogP contribution < -0.4 is 5.23 Å². The van der Waals surface area contributed by atoms with Gasteiger partial charge in [0.15, 0.2) is 0 Å². The molecule has 0 fully saturated rings. The number of unbranched alkanes of at least 4 members (excludes halogenated alkanes) is 16. The summed E-state index contributed by atoms with van der Waals surface area (Å²) in [6.45, 7) is 2.28. The van der Waals surface area contributed by atoms with E-state index in [4.69, 9.17) is 7.98 Å². The van der Waals surface area contributed by atoms with Crippen molar-refractivity contribution < 1.29 is 4.79 Å². The summed E-state index contributed by atoms with van der Waals surface area (Å²) in [6.07, 6.45) is 23.6. The van der Waals surface area contributed by atoms with Crippen molar-refractivity contribution in [1.82, 2.24) is 5.23 Å². The largest absolute Gasteiger partial charge is 0.409 e. The van der Waals surface area contributed by atoms with Crippen molar-refractivity contribution in [2.24, 2.45) is 0 Å². The molecule has 0 saturated heterocycles. The third kappa shape index (κ3) is 21.1. The summed E-state index contributed by atoms with van der Waals surface area (Å²) in [6, 6.07) is 0. The highest BCUT2D eigenvalue weighted by atomic mass is 16.1. The van der Waals surface area contributed by atoms with Crippen LogP contribution in [0.15, 0.2) is 0 Å². The number of rotatable bonds is 18. The minimum atomic E-state index is -0.0531. The first kappa shape index (κ1) is 25.1. The lowest BCUT2D eigenvalue weighted by atomic mass is 10.1. The lowest BCUT2D eigenvalue weighted by Crippen LogP contribution is -2.18. The predicted octanol–water partition coefficient (Wildman–Crippen LogP) is 6.62.